The van der Waals surface area contributed by atoms with Crippen molar-refractivity contribution in [3.05, 3.63) is 83.4 Å². The summed E-state index contributed by atoms with van der Waals surface area (Å²) in [6, 6.07) is 20.7. The lowest BCUT2D eigenvalue weighted by atomic mass is 10.1. The molecule has 0 bridgehead atoms. The number of carbonyl (C=O) groups is 2. The number of hydrogen-bond acceptors (Lipinski definition) is 5. The van der Waals surface area contributed by atoms with Gasteiger partial charge in [0.2, 0.25) is 0 Å². The van der Waals surface area contributed by atoms with E-state index in [1.807, 2.05) is 74.2 Å². The smallest absolute Gasteiger partial charge is 0.255 e. The molecule has 36 heavy (non-hydrogen) atoms. The molecule has 188 valence electrons. The number of carbonyl (C=O) groups excluding carboxylic acids is 2. The first kappa shape index (κ1) is 25.1. The number of ether oxygens (including phenoxy) is 2. The van der Waals surface area contributed by atoms with Crippen molar-refractivity contribution in [2.24, 2.45) is 0 Å². The lowest BCUT2D eigenvalue weighted by Gasteiger charge is -2.36. The van der Waals surface area contributed by atoms with Crippen molar-refractivity contribution in [1.82, 2.24) is 4.90 Å². The Morgan fingerprint density at radius 1 is 0.833 bits per heavy atom. The summed E-state index contributed by atoms with van der Waals surface area (Å²) in [7, 11) is 0. The molecule has 1 heterocycles. The zero-order valence-electron chi connectivity index (χ0n) is 21.1. The van der Waals surface area contributed by atoms with E-state index in [9.17, 15) is 9.59 Å². The minimum atomic E-state index is -0.228. The maximum Gasteiger partial charge on any atom is 0.255 e. The number of aryl methyl sites for hydroxylation is 1. The van der Waals surface area contributed by atoms with Crippen LogP contribution in [0, 0.1) is 6.92 Å². The highest BCUT2D eigenvalue weighted by Crippen LogP contribution is 2.25. The van der Waals surface area contributed by atoms with E-state index in [0.29, 0.717) is 49.1 Å². The van der Waals surface area contributed by atoms with Crippen LogP contribution >= 0.6 is 0 Å². The van der Waals surface area contributed by atoms with E-state index in [1.54, 1.807) is 18.2 Å². The predicted octanol–water partition coefficient (Wildman–Crippen LogP) is 5.01. The van der Waals surface area contributed by atoms with Gasteiger partial charge in [-0.05, 0) is 68.8 Å². The highest BCUT2D eigenvalue weighted by atomic mass is 16.5. The van der Waals surface area contributed by atoms with Gasteiger partial charge in [-0.25, -0.2) is 0 Å². The van der Waals surface area contributed by atoms with Crippen molar-refractivity contribution < 1.29 is 19.1 Å². The zero-order chi connectivity index (χ0) is 25.5. The third-order valence-corrected chi connectivity index (χ3v) is 6.20. The molecule has 0 unspecified atom stereocenters. The molecule has 1 fully saturated rings. The number of amides is 2. The molecule has 0 aliphatic carbocycles. The average Bonchev–Trinajstić information content (AvgIpc) is 2.89. The fourth-order valence-corrected chi connectivity index (χ4v) is 4.31. The number of piperazine rings is 1. The maximum atomic E-state index is 12.9. The molecule has 3 aromatic rings. The van der Waals surface area contributed by atoms with Crippen LogP contribution in [0.2, 0.25) is 0 Å². The molecule has 0 radical (unpaired) electrons. The van der Waals surface area contributed by atoms with Crippen LogP contribution in [-0.2, 0) is 0 Å². The van der Waals surface area contributed by atoms with E-state index in [2.05, 4.69) is 10.2 Å². The van der Waals surface area contributed by atoms with Crippen molar-refractivity contribution >= 4 is 23.2 Å². The number of nitrogens with one attached hydrogen (secondary N) is 1. The Morgan fingerprint density at radius 3 is 2.03 bits per heavy atom. The van der Waals surface area contributed by atoms with Gasteiger partial charge in [0, 0.05) is 54.7 Å². The van der Waals surface area contributed by atoms with Crippen molar-refractivity contribution in [2.75, 3.05) is 49.6 Å². The summed E-state index contributed by atoms with van der Waals surface area (Å²) in [5.41, 5.74) is 4.01. The number of nitrogens with zero attached hydrogens (tertiary/aromatic N) is 2. The first-order valence-corrected chi connectivity index (χ1v) is 12.4. The largest absolute Gasteiger partial charge is 0.494 e. The lowest BCUT2D eigenvalue weighted by molar-refractivity contribution is 0.0746. The molecule has 4 rings (SSSR count). The Labute approximate surface area is 212 Å². The molecule has 2 amide bonds. The SMILES string of the molecule is CCOc1cc(OCC)cc(C(=O)Nc2ccc(N3CCN(C(=O)c4ccccc4C)CC3)cc2)c1. The summed E-state index contributed by atoms with van der Waals surface area (Å²) in [6.07, 6.45) is 0. The maximum absolute atomic E-state index is 12.9. The van der Waals surface area contributed by atoms with Crippen molar-refractivity contribution in [1.29, 1.82) is 0 Å². The summed E-state index contributed by atoms with van der Waals surface area (Å²) in [5.74, 6) is 1.06. The Bertz CT molecular complexity index is 1180. The van der Waals surface area contributed by atoms with E-state index >= 15 is 0 Å². The molecule has 1 aliphatic heterocycles. The molecule has 0 spiro atoms. The molecule has 3 aromatic carbocycles. The van der Waals surface area contributed by atoms with Crippen molar-refractivity contribution in [2.45, 2.75) is 20.8 Å². The fourth-order valence-electron chi connectivity index (χ4n) is 4.31. The van der Waals surface area contributed by atoms with Crippen LogP contribution in [0.25, 0.3) is 0 Å². The van der Waals surface area contributed by atoms with Crippen LogP contribution in [0.4, 0.5) is 11.4 Å². The van der Waals surface area contributed by atoms with Gasteiger partial charge in [-0.1, -0.05) is 18.2 Å². The third-order valence-electron chi connectivity index (χ3n) is 6.20. The van der Waals surface area contributed by atoms with Gasteiger partial charge in [-0.2, -0.15) is 0 Å². The molecule has 7 nitrogen and oxygen atoms in total. The van der Waals surface area contributed by atoms with Crippen LogP contribution in [0.1, 0.15) is 40.1 Å². The standard InChI is InChI=1S/C29H33N3O4/c1-4-35-25-18-22(19-26(20-25)36-5-2)28(33)30-23-10-12-24(13-11-23)31-14-16-32(17-15-31)29(34)27-9-7-6-8-21(27)3/h6-13,18-20H,4-5,14-17H2,1-3H3,(H,30,33). The summed E-state index contributed by atoms with van der Waals surface area (Å²) in [5, 5.41) is 2.95. The zero-order valence-corrected chi connectivity index (χ0v) is 21.1. The second-order valence-electron chi connectivity index (χ2n) is 8.65. The summed E-state index contributed by atoms with van der Waals surface area (Å²) < 4.78 is 11.2. The summed E-state index contributed by atoms with van der Waals surface area (Å²) >= 11 is 0. The van der Waals surface area contributed by atoms with Gasteiger partial charge in [0.15, 0.2) is 0 Å². The number of benzene rings is 3. The Hall–Kier alpha value is -4.00. The lowest BCUT2D eigenvalue weighted by Crippen LogP contribution is -2.48. The summed E-state index contributed by atoms with van der Waals surface area (Å²) in [6.45, 7) is 9.64. The monoisotopic (exact) mass is 487 g/mol. The molecule has 0 saturated carbocycles. The van der Waals surface area contributed by atoms with Crippen LogP contribution in [-0.4, -0.2) is 56.1 Å². The van der Waals surface area contributed by atoms with E-state index in [1.165, 1.54) is 0 Å². The van der Waals surface area contributed by atoms with Crippen LogP contribution in [0.5, 0.6) is 11.5 Å². The number of anilines is 2. The molecule has 7 heteroatoms. The van der Waals surface area contributed by atoms with Gasteiger partial charge in [0.1, 0.15) is 11.5 Å². The topological polar surface area (TPSA) is 71.1 Å². The number of hydrogen-bond donors (Lipinski definition) is 1. The van der Waals surface area contributed by atoms with Crippen LogP contribution in [0.15, 0.2) is 66.7 Å². The van der Waals surface area contributed by atoms with Gasteiger partial charge >= 0.3 is 0 Å². The Morgan fingerprint density at radius 2 is 1.44 bits per heavy atom. The van der Waals surface area contributed by atoms with Gasteiger partial charge in [-0.15, -0.1) is 0 Å². The normalized spacial score (nSPS) is 13.3. The second-order valence-corrected chi connectivity index (χ2v) is 8.65. The van der Waals surface area contributed by atoms with Crippen LogP contribution < -0.4 is 19.7 Å². The molecule has 0 aromatic heterocycles. The van der Waals surface area contributed by atoms with E-state index < -0.39 is 0 Å². The Kier molecular flexibility index (Phi) is 8.10. The van der Waals surface area contributed by atoms with Crippen molar-refractivity contribution in [3.8, 4) is 11.5 Å². The first-order valence-electron chi connectivity index (χ1n) is 12.4. The second kappa shape index (κ2) is 11.6. The molecular weight excluding hydrogens is 454 g/mol. The predicted molar refractivity (Wildman–Crippen MR) is 142 cm³/mol. The van der Waals surface area contributed by atoms with Crippen LogP contribution in [0.3, 0.4) is 0 Å². The molecule has 1 aliphatic rings. The fraction of sp³-hybridized carbons (Fsp3) is 0.310. The minimum Gasteiger partial charge on any atom is -0.494 e. The van der Waals surface area contributed by atoms with Gasteiger partial charge < -0.3 is 24.6 Å². The molecular formula is C29H33N3O4. The molecule has 1 N–H and O–H groups in total. The highest BCUT2D eigenvalue weighted by Gasteiger charge is 2.23. The first-order chi connectivity index (χ1) is 17.5. The molecule has 1 saturated heterocycles. The summed E-state index contributed by atoms with van der Waals surface area (Å²) in [4.78, 5) is 30.0. The van der Waals surface area contributed by atoms with Gasteiger partial charge in [0.05, 0.1) is 13.2 Å². The quantitative estimate of drug-likeness (QED) is 0.484. The van der Waals surface area contributed by atoms with E-state index in [0.717, 1.165) is 29.9 Å². The third kappa shape index (κ3) is 5.97. The van der Waals surface area contributed by atoms with Gasteiger partial charge in [-0.3, -0.25) is 9.59 Å². The van der Waals surface area contributed by atoms with Crippen molar-refractivity contribution in [3.63, 3.8) is 0 Å². The molecule has 0 atom stereocenters. The van der Waals surface area contributed by atoms with E-state index in [4.69, 9.17) is 9.47 Å². The van der Waals surface area contributed by atoms with Gasteiger partial charge in [0.25, 0.3) is 11.8 Å². The Balaban J connectivity index is 1.36. The van der Waals surface area contributed by atoms with E-state index in [-0.39, 0.29) is 11.8 Å². The average molecular weight is 488 g/mol. The highest BCUT2D eigenvalue weighted by molar-refractivity contribution is 6.04. The number of rotatable bonds is 8. The minimum absolute atomic E-state index is 0.0895.